The Labute approximate surface area is 101 Å². The maximum Gasteiger partial charge on any atom is 0.125 e. The molecule has 0 aromatic carbocycles. The minimum atomic E-state index is 0.521. The van der Waals surface area contributed by atoms with E-state index in [9.17, 15) is 0 Å². The Morgan fingerprint density at radius 3 is 2.35 bits per heavy atom. The lowest BCUT2D eigenvalue weighted by molar-refractivity contribution is 0.967. The van der Waals surface area contributed by atoms with E-state index in [0.29, 0.717) is 6.54 Å². The molecule has 0 saturated heterocycles. The number of hydrogen-bond donors (Lipinski definition) is 1. The molecule has 0 atom stereocenters. The van der Waals surface area contributed by atoms with Crippen molar-refractivity contribution in [3.63, 3.8) is 0 Å². The summed E-state index contributed by atoms with van der Waals surface area (Å²) in [7, 11) is 0. The van der Waals surface area contributed by atoms with E-state index in [-0.39, 0.29) is 0 Å². The molecule has 0 saturated carbocycles. The zero-order chi connectivity index (χ0) is 12.7. The van der Waals surface area contributed by atoms with Gasteiger partial charge in [0.2, 0.25) is 0 Å². The van der Waals surface area contributed by atoms with Crippen LogP contribution in [0.4, 0.5) is 0 Å². The van der Waals surface area contributed by atoms with Gasteiger partial charge in [0.1, 0.15) is 12.2 Å². The van der Waals surface area contributed by atoms with Gasteiger partial charge in [-0.05, 0) is 26.8 Å². The van der Waals surface area contributed by atoms with Crippen LogP contribution in [0.5, 0.6) is 0 Å². The first-order chi connectivity index (χ1) is 8.13. The van der Waals surface area contributed by atoms with E-state index in [1.165, 1.54) is 6.33 Å². The van der Waals surface area contributed by atoms with E-state index < -0.39 is 0 Å². The van der Waals surface area contributed by atoms with Crippen molar-refractivity contribution in [2.24, 2.45) is 5.73 Å². The van der Waals surface area contributed by atoms with Crippen molar-refractivity contribution < 1.29 is 0 Å². The van der Waals surface area contributed by atoms with Gasteiger partial charge in [0.25, 0.3) is 0 Å². The summed E-state index contributed by atoms with van der Waals surface area (Å²) < 4.78 is 0. The lowest BCUT2D eigenvalue weighted by Crippen LogP contribution is -2.00. The van der Waals surface area contributed by atoms with E-state index in [1.807, 2.05) is 26.8 Å². The van der Waals surface area contributed by atoms with Gasteiger partial charge in [-0.25, -0.2) is 19.9 Å². The molecule has 0 aliphatic rings. The van der Waals surface area contributed by atoms with Crippen molar-refractivity contribution in [3.8, 4) is 0 Å². The van der Waals surface area contributed by atoms with Gasteiger partial charge in [-0.2, -0.15) is 0 Å². The van der Waals surface area contributed by atoms with Crippen LogP contribution in [0.2, 0.25) is 0 Å². The second-order valence-electron chi connectivity index (χ2n) is 3.58. The number of rotatable bonds is 1. The van der Waals surface area contributed by atoms with Gasteiger partial charge in [0.05, 0.1) is 0 Å². The van der Waals surface area contributed by atoms with Crippen molar-refractivity contribution in [2.45, 2.75) is 27.3 Å². The molecule has 0 aliphatic carbocycles. The Balaban J connectivity index is 0.000000171. The summed E-state index contributed by atoms with van der Waals surface area (Å²) in [5.41, 5.74) is 8.37. The molecule has 2 N–H and O–H groups in total. The first-order valence-electron chi connectivity index (χ1n) is 5.35. The number of aryl methyl sites for hydroxylation is 3. The Morgan fingerprint density at radius 2 is 1.94 bits per heavy atom. The number of nitrogens with zero attached hydrogens (tertiary/aromatic N) is 4. The van der Waals surface area contributed by atoms with Crippen LogP contribution in [0.1, 0.15) is 22.8 Å². The Morgan fingerprint density at radius 1 is 1.18 bits per heavy atom. The van der Waals surface area contributed by atoms with Gasteiger partial charge in [-0.15, -0.1) is 0 Å². The van der Waals surface area contributed by atoms with Gasteiger partial charge in [0.15, 0.2) is 0 Å². The van der Waals surface area contributed by atoms with Crippen LogP contribution >= 0.6 is 0 Å². The van der Waals surface area contributed by atoms with Crippen molar-refractivity contribution in [2.75, 3.05) is 0 Å². The van der Waals surface area contributed by atoms with Gasteiger partial charge < -0.3 is 5.73 Å². The average Bonchev–Trinajstić information content (AvgIpc) is 2.30. The second kappa shape index (κ2) is 6.65. The van der Waals surface area contributed by atoms with Crippen LogP contribution < -0.4 is 5.73 Å². The van der Waals surface area contributed by atoms with Crippen LogP contribution in [0, 0.1) is 20.8 Å². The second-order valence-corrected chi connectivity index (χ2v) is 3.58. The molecular formula is C12H17N5. The third kappa shape index (κ3) is 4.65. The predicted octanol–water partition coefficient (Wildman–Crippen LogP) is 1.34. The fourth-order valence-corrected chi connectivity index (χ4v) is 1.19. The lowest BCUT2D eigenvalue weighted by atomic mass is 10.2. The van der Waals surface area contributed by atoms with Crippen LogP contribution in [0.25, 0.3) is 0 Å². The normalized spacial score (nSPS) is 9.41. The number of aromatic nitrogens is 4. The first-order valence-corrected chi connectivity index (χ1v) is 5.35. The van der Waals surface area contributed by atoms with Gasteiger partial charge in [0, 0.05) is 35.9 Å². The third-order valence-corrected chi connectivity index (χ3v) is 2.15. The molecule has 5 nitrogen and oxygen atoms in total. The molecule has 5 heteroatoms. The van der Waals surface area contributed by atoms with Crippen molar-refractivity contribution in [3.05, 3.63) is 47.6 Å². The van der Waals surface area contributed by atoms with E-state index in [2.05, 4.69) is 19.9 Å². The largest absolute Gasteiger partial charge is 0.326 e. The van der Waals surface area contributed by atoms with E-state index in [0.717, 1.165) is 22.8 Å². The van der Waals surface area contributed by atoms with Gasteiger partial charge in [-0.3, -0.25) is 0 Å². The fraction of sp³-hybridized carbons (Fsp3) is 0.333. The van der Waals surface area contributed by atoms with E-state index >= 15 is 0 Å². The summed E-state index contributed by atoms with van der Waals surface area (Å²) in [4.78, 5) is 15.8. The topological polar surface area (TPSA) is 77.6 Å². The van der Waals surface area contributed by atoms with Crippen molar-refractivity contribution in [1.82, 2.24) is 19.9 Å². The highest BCUT2D eigenvalue weighted by atomic mass is 14.9. The number of nitrogens with two attached hydrogens (primary N) is 1. The summed E-state index contributed by atoms with van der Waals surface area (Å²) in [5, 5.41) is 0. The highest BCUT2D eigenvalue weighted by Crippen LogP contribution is 1.97. The molecule has 0 bridgehead atoms. The molecule has 2 heterocycles. The van der Waals surface area contributed by atoms with Crippen LogP contribution in [-0.4, -0.2) is 19.9 Å². The maximum absolute atomic E-state index is 5.37. The highest BCUT2D eigenvalue weighted by molar-refractivity contribution is 5.12. The first kappa shape index (κ1) is 13.2. The van der Waals surface area contributed by atoms with Gasteiger partial charge in [-0.1, -0.05) is 0 Å². The molecule has 0 spiro atoms. The molecule has 0 amide bonds. The molecule has 2 aromatic heterocycles. The SMILES string of the molecule is Cc1ccnc(C)n1.Cc1ncncc1CN. The fourth-order valence-electron chi connectivity index (χ4n) is 1.19. The third-order valence-electron chi connectivity index (χ3n) is 2.15. The summed E-state index contributed by atoms with van der Waals surface area (Å²) in [5.74, 6) is 0.838. The minimum Gasteiger partial charge on any atom is -0.326 e. The van der Waals surface area contributed by atoms with Crippen molar-refractivity contribution in [1.29, 1.82) is 0 Å². The Kier molecular flexibility index (Phi) is 5.16. The minimum absolute atomic E-state index is 0.521. The standard InChI is InChI=1S/C6H9N3.C6H8N2/c1-5-6(2-7)3-8-4-9-5;1-5-3-4-7-6(2)8-5/h3-4H,2,7H2,1H3;3-4H,1-2H3. The Bertz CT molecular complexity index is 453. The molecular weight excluding hydrogens is 214 g/mol. The smallest absolute Gasteiger partial charge is 0.125 e. The van der Waals surface area contributed by atoms with E-state index in [4.69, 9.17) is 5.73 Å². The zero-order valence-corrected chi connectivity index (χ0v) is 10.4. The molecule has 0 radical (unpaired) electrons. The van der Waals surface area contributed by atoms with E-state index in [1.54, 1.807) is 12.4 Å². The number of hydrogen-bond acceptors (Lipinski definition) is 5. The average molecular weight is 231 g/mol. The lowest BCUT2D eigenvalue weighted by Gasteiger charge is -1.96. The summed E-state index contributed by atoms with van der Waals surface area (Å²) in [6, 6.07) is 1.88. The molecule has 0 fully saturated rings. The molecule has 2 rings (SSSR count). The Hall–Kier alpha value is -1.88. The molecule has 17 heavy (non-hydrogen) atoms. The van der Waals surface area contributed by atoms with Crippen molar-refractivity contribution >= 4 is 0 Å². The quantitative estimate of drug-likeness (QED) is 0.801. The van der Waals surface area contributed by atoms with Gasteiger partial charge >= 0.3 is 0 Å². The highest BCUT2D eigenvalue weighted by Gasteiger charge is 1.92. The molecule has 0 aliphatic heterocycles. The zero-order valence-electron chi connectivity index (χ0n) is 10.4. The predicted molar refractivity (Wildman–Crippen MR) is 66.2 cm³/mol. The molecule has 2 aromatic rings. The summed E-state index contributed by atoms with van der Waals surface area (Å²) >= 11 is 0. The molecule has 0 unspecified atom stereocenters. The van der Waals surface area contributed by atoms with Crippen LogP contribution in [0.15, 0.2) is 24.8 Å². The summed E-state index contributed by atoms with van der Waals surface area (Å²) in [6.45, 7) is 6.28. The van der Waals surface area contributed by atoms with Crippen LogP contribution in [-0.2, 0) is 6.54 Å². The molecule has 90 valence electrons. The maximum atomic E-state index is 5.37. The van der Waals surface area contributed by atoms with Crippen LogP contribution in [0.3, 0.4) is 0 Å². The monoisotopic (exact) mass is 231 g/mol. The summed E-state index contributed by atoms with van der Waals surface area (Å²) in [6.07, 6.45) is 5.02.